The van der Waals surface area contributed by atoms with E-state index in [0.29, 0.717) is 0 Å². The largest absolute Gasteiger partial charge is 0.212 e. The maximum Gasteiger partial charge on any atom is 0.212 e. The molecule has 17 heavy (non-hydrogen) atoms. The molecule has 0 N–H and O–H groups in total. The second-order valence-corrected chi connectivity index (χ2v) is 5.18. The molecule has 0 bridgehead atoms. The number of aryl methyl sites for hydroxylation is 3. The number of nitrogens with zero attached hydrogens (tertiary/aromatic N) is 1. The predicted octanol–water partition coefficient (Wildman–Crippen LogP) is 3.32. The summed E-state index contributed by atoms with van der Waals surface area (Å²) in [5.41, 5.74) is 4.55. The highest BCUT2D eigenvalue weighted by Gasteiger charge is 2.16. The van der Waals surface area contributed by atoms with Crippen molar-refractivity contribution in [2.75, 3.05) is 0 Å². The molecule has 3 rings (SSSR count). The van der Waals surface area contributed by atoms with E-state index in [1.165, 1.54) is 49.4 Å². The molecule has 1 nitrogen and oxygen atoms in total. The number of aromatic nitrogens is 1. The molecule has 0 atom stereocenters. The second-order valence-electron chi connectivity index (χ2n) is 5.18. The van der Waals surface area contributed by atoms with E-state index in [-0.39, 0.29) is 0 Å². The zero-order chi connectivity index (χ0) is 11.7. The van der Waals surface area contributed by atoms with Crippen LogP contribution in [0.3, 0.4) is 0 Å². The van der Waals surface area contributed by atoms with E-state index in [4.69, 9.17) is 0 Å². The summed E-state index contributed by atoms with van der Waals surface area (Å²) in [5.74, 6) is 0. The van der Waals surface area contributed by atoms with E-state index < -0.39 is 0 Å². The topological polar surface area (TPSA) is 3.88 Å². The molecule has 0 aliphatic heterocycles. The fourth-order valence-corrected chi connectivity index (χ4v) is 3.07. The van der Waals surface area contributed by atoms with Gasteiger partial charge in [-0.05, 0) is 37.3 Å². The van der Waals surface area contributed by atoms with Crippen LogP contribution < -0.4 is 4.57 Å². The van der Waals surface area contributed by atoms with Crippen LogP contribution in [0.4, 0.5) is 0 Å². The van der Waals surface area contributed by atoms with E-state index >= 15 is 0 Å². The molecular formula is C16H20N+. The number of rotatable bonds is 0. The van der Waals surface area contributed by atoms with Crippen LogP contribution in [0, 0.1) is 0 Å². The van der Waals surface area contributed by atoms with Crippen molar-refractivity contribution in [1.82, 2.24) is 0 Å². The van der Waals surface area contributed by atoms with E-state index in [1.54, 1.807) is 11.1 Å². The van der Waals surface area contributed by atoms with Gasteiger partial charge in [-0.3, -0.25) is 0 Å². The van der Waals surface area contributed by atoms with Gasteiger partial charge in [0.25, 0.3) is 0 Å². The summed E-state index contributed by atoms with van der Waals surface area (Å²) in [4.78, 5) is 0. The standard InChI is InChI=1S/C16H20N/c1-17-12-13-8-4-2-3-5-9-14(13)15-10-6-7-11-16(15)17/h6-7,10-12H,2-5,8-9H2,1H3/q+1. The van der Waals surface area contributed by atoms with E-state index in [1.807, 2.05) is 0 Å². The van der Waals surface area contributed by atoms with Crippen LogP contribution >= 0.6 is 0 Å². The van der Waals surface area contributed by atoms with Crippen LogP contribution in [0.15, 0.2) is 30.5 Å². The lowest BCUT2D eigenvalue weighted by atomic mass is 9.92. The average Bonchev–Trinajstić information content (AvgIpc) is 2.32. The summed E-state index contributed by atoms with van der Waals surface area (Å²) in [6, 6.07) is 8.82. The number of hydrogen-bond acceptors (Lipinski definition) is 0. The third kappa shape index (κ3) is 1.95. The zero-order valence-electron chi connectivity index (χ0n) is 10.6. The van der Waals surface area contributed by atoms with Crippen LogP contribution in [0.5, 0.6) is 0 Å². The molecule has 0 amide bonds. The minimum absolute atomic E-state index is 1.26. The van der Waals surface area contributed by atoms with Crippen LogP contribution in [0.1, 0.15) is 36.8 Å². The molecule has 0 spiro atoms. The Labute approximate surface area is 103 Å². The van der Waals surface area contributed by atoms with Gasteiger partial charge in [0.05, 0.1) is 0 Å². The Morgan fingerprint density at radius 1 is 0.941 bits per heavy atom. The van der Waals surface area contributed by atoms with Crippen LogP contribution in [0.2, 0.25) is 0 Å². The molecule has 0 saturated heterocycles. The molecule has 0 radical (unpaired) electrons. The smallest absolute Gasteiger partial charge is 0.201 e. The first-order chi connectivity index (χ1) is 8.36. The lowest BCUT2D eigenvalue weighted by molar-refractivity contribution is -0.645. The van der Waals surface area contributed by atoms with Crippen molar-refractivity contribution in [3.8, 4) is 0 Å². The van der Waals surface area contributed by atoms with Gasteiger partial charge < -0.3 is 0 Å². The highest BCUT2D eigenvalue weighted by Crippen LogP contribution is 2.25. The highest BCUT2D eigenvalue weighted by molar-refractivity contribution is 5.80. The minimum atomic E-state index is 1.26. The summed E-state index contributed by atoms with van der Waals surface area (Å²) in [5, 5.41) is 1.47. The summed E-state index contributed by atoms with van der Waals surface area (Å²) in [7, 11) is 2.17. The second kappa shape index (κ2) is 4.48. The molecule has 1 aliphatic carbocycles. The average molecular weight is 226 g/mol. The van der Waals surface area contributed by atoms with E-state index in [9.17, 15) is 0 Å². The van der Waals surface area contributed by atoms with Gasteiger partial charge in [0.1, 0.15) is 7.05 Å². The van der Waals surface area contributed by atoms with Gasteiger partial charge in [0, 0.05) is 17.0 Å². The third-order valence-corrected chi connectivity index (χ3v) is 3.97. The van der Waals surface area contributed by atoms with Crippen molar-refractivity contribution in [1.29, 1.82) is 0 Å². The molecule has 1 aromatic carbocycles. The quantitative estimate of drug-likeness (QED) is 0.607. The van der Waals surface area contributed by atoms with Crippen LogP contribution in [-0.2, 0) is 19.9 Å². The summed E-state index contributed by atoms with van der Waals surface area (Å²) in [6.07, 6.45) is 10.4. The first-order valence-electron chi connectivity index (χ1n) is 6.75. The fraction of sp³-hybridized carbons (Fsp3) is 0.438. The van der Waals surface area contributed by atoms with Crippen LogP contribution in [0.25, 0.3) is 10.9 Å². The van der Waals surface area contributed by atoms with E-state index in [0.717, 1.165) is 0 Å². The van der Waals surface area contributed by atoms with Gasteiger partial charge in [-0.15, -0.1) is 0 Å². The summed E-state index contributed by atoms with van der Waals surface area (Å²) in [6.45, 7) is 0. The summed E-state index contributed by atoms with van der Waals surface area (Å²) >= 11 is 0. The van der Waals surface area contributed by atoms with Gasteiger partial charge in [-0.1, -0.05) is 25.0 Å². The van der Waals surface area contributed by atoms with Gasteiger partial charge in [0.15, 0.2) is 6.20 Å². The van der Waals surface area contributed by atoms with E-state index in [2.05, 4.69) is 42.1 Å². The van der Waals surface area contributed by atoms with Crippen molar-refractivity contribution in [3.63, 3.8) is 0 Å². The predicted molar refractivity (Wildman–Crippen MR) is 71.0 cm³/mol. The van der Waals surface area contributed by atoms with Gasteiger partial charge >= 0.3 is 0 Å². The first-order valence-corrected chi connectivity index (χ1v) is 6.75. The molecular weight excluding hydrogens is 206 g/mol. The Kier molecular flexibility index (Phi) is 2.84. The Hall–Kier alpha value is -1.37. The number of benzene rings is 1. The Bertz CT molecular complexity index is 542. The SMILES string of the molecule is C[n+]1cc2c(c3ccccc31)CCCCCC2. The maximum absolute atomic E-state index is 2.35. The number of hydrogen-bond donors (Lipinski definition) is 0. The van der Waals surface area contributed by atoms with Crippen LogP contribution in [-0.4, -0.2) is 0 Å². The van der Waals surface area contributed by atoms with Gasteiger partial charge in [-0.2, -0.15) is 0 Å². The minimum Gasteiger partial charge on any atom is -0.201 e. The first kappa shape index (κ1) is 10.8. The highest BCUT2D eigenvalue weighted by atomic mass is 14.9. The molecule has 0 saturated carbocycles. The molecule has 2 aromatic rings. The Morgan fingerprint density at radius 3 is 2.59 bits per heavy atom. The van der Waals surface area contributed by atoms with Gasteiger partial charge in [0.2, 0.25) is 5.52 Å². The molecule has 1 heteroatoms. The van der Waals surface area contributed by atoms with Crippen molar-refractivity contribution >= 4 is 10.9 Å². The summed E-state index contributed by atoms with van der Waals surface area (Å²) < 4.78 is 2.29. The number of para-hydroxylation sites is 1. The molecule has 1 aliphatic rings. The van der Waals surface area contributed by atoms with Crippen molar-refractivity contribution in [2.24, 2.45) is 7.05 Å². The number of fused-ring (bicyclic) bond motifs is 3. The maximum atomic E-state index is 2.35. The van der Waals surface area contributed by atoms with Gasteiger partial charge in [-0.25, -0.2) is 4.57 Å². The molecule has 88 valence electrons. The van der Waals surface area contributed by atoms with Crippen molar-refractivity contribution in [2.45, 2.75) is 38.5 Å². The molecule has 1 heterocycles. The fourth-order valence-electron chi connectivity index (χ4n) is 3.07. The zero-order valence-corrected chi connectivity index (χ0v) is 10.6. The van der Waals surface area contributed by atoms with Crippen molar-refractivity contribution in [3.05, 3.63) is 41.6 Å². The Balaban J connectivity index is 2.24. The normalized spacial score (nSPS) is 16.3. The monoisotopic (exact) mass is 226 g/mol. The lowest BCUT2D eigenvalue weighted by Crippen LogP contribution is -2.30. The van der Waals surface area contributed by atoms with Crippen molar-refractivity contribution < 1.29 is 4.57 Å². The lowest BCUT2D eigenvalue weighted by Gasteiger charge is -2.14. The Morgan fingerprint density at radius 2 is 1.71 bits per heavy atom. The third-order valence-electron chi connectivity index (χ3n) is 3.97. The number of pyridine rings is 1. The molecule has 0 fully saturated rings. The molecule has 1 aromatic heterocycles. The molecule has 0 unspecified atom stereocenters.